The van der Waals surface area contributed by atoms with Gasteiger partial charge in [-0.15, -0.1) is 0 Å². The molecule has 0 saturated heterocycles. The zero-order valence-corrected chi connectivity index (χ0v) is 14.9. The second-order valence-electron chi connectivity index (χ2n) is 4.60. The summed E-state index contributed by atoms with van der Waals surface area (Å²) in [5, 5.41) is 0.704. The van der Waals surface area contributed by atoms with Gasteiger partial charge in [-0.25, -0.2) is 8.78 Å². The Bertz CT molecular complexity index is 658. The minimum atomic E-state index is -0.569. The molecule has 0 aliphatic heterocycles. The number of hydrogen-bond donors (Lipinski definition) is 1. The van der Waals surface area contributed by atoms with E-state index in [1.165, 1.54) is 31.0 Å². The summed E-state index contributed by atoms with van der Waals surface area (Å²) in [6, 6.07) is 6.45. The van der Waals surface area contributed by atoms with Gasteiger partial charge in [0, 0.05) is 15.5 Å². The topological polar surface area (TPSA) is 12.0 Å². The Labute approximate surface area is 140 Å². The first kappa shape index (κ1) is 18.8. The molecule has 0 aliphatic rings. The lowest BCUT2D eigenvalue weighted by Gasteiger charge is -2.11. The lowest BCUT2D eigenvalue weighted by Crippen LogP contribution is -1.97. The summed E-state index contributed by atoms with van der Waals surface area (Å²) in [7, 11) is 0. The predicted molar refractivity (Wildman–Crippen MR) is 92.8 cm³/mol. The fraction of sp³-hybridized carbons (Fsp3) is 0.294. The smallest absolute Gasteiger partial charge is 0.152 e. The minimum absolute atomic E-state index is 0.0135. The Kier molecular flexibility index (Phi) is 7.17. The molecule has 0 aliphatic carbocycles. The van der Waals surface area contributed by atoms with Crippen LogP contribution >= 0.6 is 23.5 Å². The van der Waals surface area contributed by atoms with E-state index in [0.29, 0.717) is 5.02 Å². The first-order valence-corrected chi connectivity index (χ1v) is 8.24. The van der Waals surface area contributed by atoms with E-state index in [2.05, 4.69) is 4.72 Å². The fourth-order valence-corrected chi connectivity index (χ4v) is 2.77. The Morgan fingerprint density at radius 2 is 1.64 bits per heavy atom. The Morgan fingerprint density at radius 3 is 2.27 bits per heavy atom. The summed E-state index contributed by atoms with van der Waals surface area (Å²) in [6.45, 7) is 9.26. The second kappa shape index (κ2) is 8.39. The van der Waals surface area contributed by atoms with Gasteiger partial charge in [-0.05, 0) is 68.1 Å². The molecule has 0 saturated carbocycles. The van der Waals surface area contributed by atoms with E-state index < -0.39 is 11.6 Å². The zero-order chi connectivity index (χ0) is 16.9. The molecule has 1 N–H and O–H groups in total. The van der Waals surface area contributed by atoms with Gasteiger partial charge in [0.05, 0.1) is 5.69 Å². The summed E-state index contributed by atoms with van der Waals surface area (Å²) < 4.78 is 30.0. The molecule has 0 bridgehead atoms. The molecule has 2 aromatic rings. The first-order valence-electron chi connectivity index (χ1n) is 7.04. The normalized spacial score (nSPS) is 10.0. The van der Waals surface area contributed by atoms with Crippen LogP contribution < -0.4 is 4.72 Å². The van der Waals surface area contributed by atoms with E-state index in [1.807, 2.05) is 39.8 Å². The van der Waals surface area contributed by atoms with Crippen LogP contribution in [-0.4, -0.2) is 0 Å². The number of halogens is 3. The van der Waals surface area contributed by atoms with Crippen molar-refractivity contribution in [3.63, 3.8) is 0 Å². The molecule has 0 fully saturated rings. The van der Waals surface area contributed by atoms with Gasteiger partial charge in [0.25, 0.3) is 0 Å². The number of hydrogen-bond acceptors (Lipinski definition) is 2. The molecule has 5 heteroatoms. The van der Waals surface area contributed by atoms with Crippen LogP contribution in [0.3, 0.4) is 0 Å². The maximum Gasteiger partial charge on any atom is 0.152 e. The van der Waals surface area contributed by atoms with Crippen LogP contribution in [0, 0.1) is 32.4 Å². The molecule has 0 heterocycles. The van der Waals surface area contributed by atoms with Crippen LogP contribution in [0.1, 0.15) is 30.5 Å². The molecule has 0 spiro atoms. The highest BCUT2D eigenvalue weighted by Gasteiger charge is 2.10. The monoisotopic (exact) mass is 343 g/mol. The minimum Gasteiger partial charge on any atom is -0.323 e. The van der Waals surface area contributed by atoms with E-state index in [9.17, 15) is 8.78 Å². The summed E-state index contributed by atoms with van der Waals surface area (Å²) in [5.41, 5.74) is 2.23. The number of rotatable bonds is 3. The van der Waals surface area contributed by atoms with E-state index >= 15 is 0 Å². The molecule has 1 nitrogen and oxygen atoms in total. The van der Waals surface area contributed by atoms with Crippen molar-refractivity contribution in [2.45, 2.75) is 39.5 Å². The van der Waals surface area contributed by atoms with Crippen molar-refractivity contribution in [2.75, 3.05) is 4.72 Å². The molecule has 120 valence electrons. The predicted octanol–water partition coefficient (Wildman–Crippen LogP) is 6.69. The summed E-state index contributed by atoms with van der Waals surface area (Å²) in [5.74, 6) is -1.11. The maximum absolute atomic E-state index is 13.9. The average molecular weight is 344 g/mol. The molecule has 0 aromatic heterocycles. The van der Waals surface area contributed by atoms with Crippen LogP contribution in [-0.2, 0) is 0 Å². The van der Waals surface area contributed by atoms with Crippen molar-refractivity contribution >= 4 is 29.2 Å². The Balaban J connectivity index is 0.00000116. The van der Waals surface area contributed by atoms with E-state index in [4.69, 9.17) is 11.6 Å². The van der Waals surface area contributed by atoms with Crippen LogP contribution in [0.25, 0.3) is 0 Å². The first-order chi connectivity index (χ1) is 10.4. The highest BCUT2D eigenvalue weighted by Crippen LogP contribution is 2.30. The number of nitrogens with one attached hydrogen (secondary N) is 1. The Morgan fingerprint density at radius 1 is 1.00 bits per heavy atom. The SMILES string of the molecule is CC.Cc1cc(SNc2ccc(F)c(C)c2F)c(C)cc1Cl. The molecule has 2 rings (SSSR count). The van der Waals surface area contributed by atoms with Gasteiger partial charge in [-0.1, -0.05) is 25.4 Å². The molecular weight excluding hydrogens is 324 g/mol. The molecular formula is C17H20ClF2NS. The molecule has 2 aromatic carbocycles. The number of anilines is 1. The van der Waals surface area contributed by atoms with Gasteiger partial charge in [0.15, 0.2) is 5.82 Å². The van der Waals surface area contributed by atoms with Crippen LogP contribution in [0.4, 0.5) is 14.5 Å². The molecule has 0 atom stereocenters. The largest absolute Gasteiger partial charge is 0.323 e. The zero-order valence-electron chi connectivity index (χ0n) is 13.4. The van der Waals surface area contributed by atoms with Crippen LogP contribution in [0.2, 0.25) is 5.02 Å². The lowest BCUT2D eigenvalue weighted by atomic mass is 10.2. The van der Waals surface area contributed by atoms with Crippen molar-refractivity contribution in [1.82, 2.24) is 0 Å². The highest BCUT2D eigenvalue weighted by molar-refractivity contribution is 8.00. The van der Waals surface area contributed by atoms with E-state index in [-0.39, 0.29) is 11.3 Å². The summed E-state index contributed by atoms with van der Waals surface area (Å²) in [6.07, 6.45) is 0. The molecule has 0 amide bonds. The Hall–Kier alpha value is -1.26. The highest BCUT2D eigenvalue weighted by atomic mass is 35.5. The van der Waals surface area contributed by atoms with Gasteiger partial charge in [-0.3, -0.25) is 0 Å². The van der Waals surface area contributed by atoms with Crippen LogP contribution in [0.5, 0.6) is 0 Å². The average Bonchev–Trinajstić information content (AvgIpc) is 2.51. The third kappa shape index (κ3) is 4.37. The molecule has 0 radical (unpaired) electrons. The molecule has 22 heavy (non-hydrogen) atoms. The summed E-state index contributed by atoms with van der Waals surface area (Å²) >= 11 is 7.32. The fourth-order valence-electron chi connectivity index (χ4n) is 1.71. The van der Waals surface area contributed by atoms with Gasteiger partial charge in [-0.2, -0.15) is 0 Å². The van der Waals surface area contributed by atoms with Gasteiger partial charge < -0.3 is 4.72 Å². The third-order valence-electron chi connectivity index (χ3n) is 3.05. The van der Waals surface area contributed by atoms with Gasteiger partial charge in [0.1, 0.15) is 5.82 Å². The standard InChI is InChI=1S/C15H14ClF2NS.C2H6/c1-8-7-14(9(2)6-11(8)16)20-19-13-5-4-12(17)10(3)15(13)18;1-2/h4-7,19H,1-3H3;1-2H3. The van der Waals surface area contributed by atoms with Crippen LogP contribution in [0.15, 0.2) is 29.2 Å². The van der Waals surface area contributed by atoms with Gasteiger partial charge >= 0.3 is 0 Å². The van der Waals surface area contributed by atoms with Crippen molar-refractivity contribution in [3.05, 3.63) is 57.6 Å². The number of benzene rings is 2. The maximum atomic E-state index is 13.9. The van der Waals surface area contributed by atoms with Crippen molar-refractivity contribution < 1.29 is 8.78 Å². The second-order valence-corrected chi connectivity index (χ2v) is 5.86. The van der Waals surface area contributed by atoms with Crippen molar-refractivity contribution in [3.8, 4) is 0 Å². The van der Waals surface area contributed by atoms with Gasteiger partial charge in [0.2, 0.25) is 0 Å². The third-order valence-corrected chi connectivity index (χ3v) is 4.44. The number of aryl methyl sites for hydroxylation is 2. The van der Waals surface area contributed by atoms with Crippen molar-refractivity contribution in [2.24, 2.45) is 0 Å². The lowest BCUT2D eigenvalue weighted by molar-refractivity contribution is 0.571. The summed E-state index contributed by atoms with van der Waals surface area (Å²) in [4.78, 5) is 0.952. The molecule has 0 unspecified atom stereocenters. The van der Waals surface area contributed by atoms with Crippen molar-refractivity contribution in [1.29, 1.82) is 0 Å². The van der Waals surface area contributed by atoms with E-state index in [0.717, 1.165) is 16.0 Å². The van der Waals surface area contributed by atoms with E-state index in [1.54, 1.807) is 0 Å². The quantitative estimate of drug-likeness (QED) is 0.623.